The second kappa shape index (κ2) is 10.6. The van der Waals surface area contributed by atoms with Gasteiger partial charge in [0.1, 0.15) is 5.82 Å². The molecule has 0 atom stereocenters. The van der Waals surface area contributed by atoms with E-state index in [2.05, 4.69) is 16.9 Å². The highest BCUT2D eigenvalue weighted by Gasteiger charge is 2.22. The number of benzene rings is 1. The fourth-order valence-corrected chi connectivity index (χ4v) is 4.39. The molecule has 0 bridgehead atoms. The van der Waals surface area contributed by atoms with E-state index in [4.69, 9.17) is 4.74 Å². The molecule has 0 saturated carbocycles. The molecule has 0 aliphatic carbocycles. The van der Waals surface area contributed by atoms with Crippen LogP contribution in [0.2, 0.25) is 0 Å². The van der Waals surface area contributed by atoms with Gasteiger partial charge in [0.05, 0.1) is 41.4 Å². The number of nitrogens with zero attached hydrogens (tertiary/aromatic N) is 1. The number of ether oxygens (including phenoxy) is 1. The number of aromatic nitrogens is 2. The summed E-state index contributed by atoms with van der Waals surface area (Å²) in [7, 11) is 0. The third-order valence-electron chi connectivity index (χ3n) is 6.04. The van der Waals surface area contributed by atoms with Crippen LogP contribution >= 0.6 is 0 Å². The zero-order chi connectivity index (χ0) is 25.0. The number of H-pyrrole nitrogens is 1. The molecule has 0 saturated heterocycles. The van der Waals surface area contributed by atoms with Crippen LogP contribution in [0.5, 0.6) is 0 Å². The third-order valence-corrected chi connectivity index (χ3v) is 6.04. The first-order valence-electron chi connectivity index (χ1n) is 11.6. The number of aliphatic carboxylic acids is 1. The molecule has 0 aliphatic heterocycles. The topological polar surface area (TPSA) is 92.3 Å². The highest BCUT2D eigenvalue weighted by Crippen LogP contribution is 2.37. The number of fused-ring (bicyclic) bond motifs is 3. The van der Waals surface area contributed by atoms with Gasteiger partial charge in [-0.1, -0.05) is 26.8 Å². The van der Waals surface area contributed by atoms with E-state index >= 15 is 0 Å². The number of allylic oxidation sites excluding steroid dienone is 4. The normalized spacial score (nSPS) is 12.5. The highest BCUT2D eigenvalue weighted by molar-refractivity contribution is 6.08. The average molecular weight is 467 g/mol. The van der Waals surface area contributed by atoms with Crippen LogP contribution in [-0.4, -0.2) is 27.7 Å². The molecule has 6 nitrogen and oxygen atoms in total. The quantitative estimate of drug-likeness (QED) is 0.230. The minimum absolute atomic E-state index is 0.162. The summed E-state index contributed by atoms with van der Waals surface area (Å²) >= 11 is 0. The number of aromatic amines is 1. The largest absolute Gasteiger partial charge is 0.498 e. The van der Waals surface area contributed by atoms with Gasteiger partial charge in [0.2, 0.25) is 0 Å². The number of aryl methyl sites for hydroxylation is 2. The minimum Gasteiger partial charge on any atom is -0.498 e. The molecular formula is C27H31FN2O4. The lowest BCUT2D eigenvalue weighted by Gasteiger charge is -2.21. The van der Waals surface area contributed by atoms with E-state index in [-0.39, 0.29) is 11.8 Å². The number of carbonyl (C=O) groups is 1. The monoisotopic (exact) mass is 466 g/mol. The van der Waals surface area contributed by atoms with Crippen LogP contribution in [-0.2, 0) is 16.0 Å². The first kappa shape index (κ1) is 25.1. The van der Waals surface area contributed by atoms with Crippen molar-refractivity contribution in [1.29, 1.82) is 0 Å². The van der Waals surface area contributed by atoms with E-state index in [0.29, 0.717) is 40.6 Å². The van der Waals surface area contributed by atoms with Gasteiger partial charge in [-0.3, -0.25) is 14.6 Å². The molecule has 3 aromatic rings. The second-order valence-corrected chi connectivity index (χ2v) is 8.31. The predicted molar refractivity (Wildman–Crippen MR) is 134 cm³/mol. The van der Waals surface area contributed by atoms with Gasteiger partial charge in [-0.05, 0) is 66.7 Å². The molecule has 34 heavy (non-hydrogen) atoms. The maximum absolute atomic E-state index is 13.9. The highest BCUT2D eigenvalue weighted by atomic mass is 19.1. The van der Waals surface area contributed by atoms with E-state index in [9.17, 15) is 19.1 Å². The molecule has 3 rings (SSSR count). The summed E-state index contributed by atoms with van der Waals surface area (Å²) in [6, 6.07) is 1.18. The van der Waals surface area contributed by atoms with Gasteiger partial charge in [-0.2, -0.15) is 0 Å². The van der Waals surface area contributed by atoms with Crippen molar-refractivity contribution in [2.45, 2.75) is 60.3 Å². The minimum atomic E-state index is -0.960. The van der Waals surface area contributed by atoms with Gasteiger partial charge in [0.25, 0.3) is 5.56 Å². The number of nitrogens with one attached hydrogen (secondary N) is 1. The number of hydrogen-bond donors (Lipinski definition) is 2. The van der Waals surface area contributed by atoms with E-state index < -0.39 is 17.3 Å². The summed E-state index contributed by atoms with van der Waals surface area (Å²) in [5.41, 5.74) is 4.35. The SMILES string of the molecule is CCCO/C(=C/C=C(\CC)c1c(CC(=O)O)c(C)c2[nH]c(=O)c3cc(F)cnc3c2c1C)CC. The zero-order valence-electron chi connectivity index (χ0n) is 20.3. The Hall–Kier alpha value is -3.48. The first-order valence-corrected chi connectivity index (χ1v) is 11.6. The van der Waals surface area contributed by atoms with Gasteiger partial charge in [-0.25, -0.2) is 4.39 Å². The van der Waals surface area contributed by atoms with Crippen LogP contribution in [0.3, 0.4) is 0 Å². The lowest BCUT2D eigenvalue weighted by Crippen LogP contribution is -2.13. The van der Waals surface area contributed by atoms with Gasteiger partial charge in [0, 0.05) is 11.8 Å². The van der Waals surface area contributed by atoms with Crippen LogP contribution < -0.4 is 5.56 Å². The average Bonchev–Trinajstić information content (AvgIpc) is 2.80. The lowest BCUT2D eigenvalue weighted by molar-refractivity contribution is -0.136. The molecule has 0 spiro atoms. The fraction of sp³-hybridized carbons (Fsp3) is 0.370. The molecule has 2 N–H and O–H groups in total. The van der Waals surface area contributed by atoms with Crippen molar-refractivity contribution >= 4 is 33.3 Å². The van der Waals surface area contributed by atoms with Gasteiger partial charge < -0.3 is 14.8 Å². The molecule has 0 amide bonds. The van der Waals surface area contributed by atoms with Gasteiger partial charge in [-0.15, -0.1) is 0 Å². The van der Waals surface area contributed by atoms with Crippen LogP contribution in [0.25, 0.3) is 27.4 Å². The number of hydrogen-bond acceptors (Lipinski definition) is 4. The van der Waals surface area contributed by atoms with Crippen molar-refractivity contribution in [3.05, 3.63) is 68.6 Å². The zero-order valence-corrected chi connectivity index (χ0v) is 20.3. The molecular weight excluding hydrogens is 435 g/mol. The van der Waals surface area contributed by atoms with E-state index in [0.717, 1.165) is 41.5 Å². The smallest absolute Gasteiger partial charge is 0.307 e. The maximum Gasteiger partial charge on any atom is 0.307 e. The van der Waals surface area contributed by atoms with Crippen molar-refractivity contribution < 1.29 is 19.0 Å². The molecule has 0 aliphatic rings. The van der Waals surface area contributed by atoms with Crippen LogP contribution in [0.4, 0.5) is 4.39 Å². The Balaban J connectivity index is 2.42. The molecule has 180 valence electrons. The molecule has 7 heteroatoms. The second-order valence-electron chi connectivity index (χ2n) is 8.31. The predicted octanol–water partition coefficient (Wildman–Crippen LogP) is 5.97. The van der Waals surface area contributed by atoms with Gasteiger partial charge >= 0.3 is 5.97 Å². The Morgan fingerprint density at radius 1 is 1.18 bits per heavy atom. The number of halogens is 1. The van der Waals surface area contributed by atoms with Crippen molar-refractivity contribution in [3.8, 4) is 0 Å². The summed E-state index contributed by atoms with van der Waals surface area (Å²) in [6.07, 6.45) is 7.13. The fourth-order valence-electron chi connectivity index (χ4n) is 4.39. The molecule has 0 unspecified atom stereocenters. The van der Waals surface area contributed by atoms with E-state index in [1.807, 2.05) is 32.9 Å². The van der Waals surface area contributed by atoms with Crippen LogP contribution in [0.15, 0.2) is 35.0 Å². The Kier molecular flexibility index (Phi) is 7.87. The third kappa shape index (κ3) is 4.88. The summed E-state index contributed by atoms with van der Waals surface area (Å²) in [5, 5.41) is 10.5. The number of carboxylic acid groups (broad SMARTS) is 1. The number of rotatable bonds is 9. The van der Waals surface area contributed by atoms with Crippen molar-refractivity contribution in [3.63, 3.8) is 0 Å². The van der Waals surface area contributed by atoms with Crippen LogP contribution in [0.1, 0.15) is 62.3 Å². The molecule has 1 aromatic carbocycles. The Bertz CT molecular complexity index is 1370. The van der Waals surface area contributed by atoms with Crippen molar-refractivity contribution in [2.24, 2.45) is 0 Å². The lowest BCUT2D eigenvalue weighted by atomic mass is 9.85. The summed E-state index contributed by atoms with van der Waals surface area (Å²) in [5.74, 6) is -0.694. The van der Waals surface area contributed by atoms with Crippen LogP contribution in [0, 0.1) is 19.7 Å². The van der Waals surface area contributed by atoms with Crippen molar-refractivity contribution in [1.82, 2.24) is 9.97 Å². The summed E-state index contributed by atoms with van der Waals surface area (Å²) in [6.45, 7) is 10.4. The Morgan fingerprint density at radius 3 is 2.53 bits per heavy atom. The molecule has 2 aromatic heterocycles. The Labute approximate surface area is 198 Å². The Morgan fingerprint density at radius 2 is 1.91 bits per heavy atom. The maximum atomic E-state index is 13.9. The summed E-state index contributed by atoms with van der Waals surface area (Å²) in [4.78, 5) is 31.6. The number of carboxylic acids is 1. The number of pyridine rings is 2. The molecule has 2 heterocycles. The summed E-state index contributed by atoms with van der Waals surface area (Å²) < 4.78 is 19.7. The van der Waals surface area contributed by atoms with E-state index in [1.54, 1.807) is 6.92 Å². The first-order chi connectivity index (χ1) is 16.2. The van der Waals surface area contributed by atoms with Gasteiger partial charge in [0.15, 0.2) is 0 Å². The molecule has 0 fully saturated rings. The van der Waals surface area contributed by atoms with Crippen molar-refractivity contribution in [2.75, 3.05) is 6.61 Å². The van der Waals surface area contributed by atoms with E-state index in [1.165, 1.54) is 6.07 Å². The standard InChI is InChI=1S/C27H31FN2O4/c1-6-11-34-19(8-3)10-9-17(7-2)23-16(5)24-25(15(4)20(23)13-22(31)32)30-27(33)21-12-18(28)14-29-26(21)24/h9-10,12,14H,6-8,11,13H2,1-5H3,(H,30,33)(H,31,32)/b17-9+,19-10+. The molecule has 0 radical (unpaired) electrons.